The molecule has 2 heterocycles. The maximum Gasteiger partial charge on any atom is 0.257 e. The number of carbonyl (C=O) groups excluding carboxylic acids is 1. The zero-order valence-corrected chi connectivity index (χ0v) is 15.2. The van der Waals surface area contributed by atoms with Gasteiger partial charge >= 0.3 is 0 Å². The lowest BCUT2D eigenvalue weighted by molar-refractivity contribution is 0.0462. The first-order valence-electron chi connectivity index (χ1n) is 8.93. The zero-order valence-electron chi connectivity index (χ0n) is 15.2. The molecule has 1 aromatic heterocycles. The fourth-order valence-electron chi connectivity index (χ4n) is 3.32. The van der Waals surface area contributed by atoms with Crippen molar-refractivity contribution in [2.75, 3.05) is 13.1 Å². The van der Waals surface area contributed by atoms with Crippen molar-refractivity contribution in [1.29, 1.82) is 0 Å². The molecule has 0 bridgehead atoms. The monoisotopic (exact) mass is 341 g/mol. The van der Waals surface area contributed by atoms with Gasteiger partial charge in [-0.2, -0.15) is 5.10 Å². The summed E-state index contributed by atoms with van der Waals surface area (Å²) in [5.74, 6) is 0.229. The number of likely N-dealkylation sites (tertiary alicyclic amines) is 1. The second-order valence-corrected chi connectivity index (χ2v) is 7.83. The van der Waals surface area contributed by atoms with Crippen LogP contribution in [0, 0.1) is 5.92 Å². The van der Waals surface area contributed by atoms with Crippen LogP contribution in [0.4, 0.5) is 0 Å². The smallest absolute Gasteiger partial charge is 0.257 e. The zero-order chi connectivity index (χ0) is 18.0. The molecule has 1 N–H and O–H groups in total. The van der Waals surface area contributed by atoms with Crippen molar-refractivity contribution in [2.24, 2.45) is 5.92 Å². The van der Waals surface area contributed by atoms with Crippen LogP contribution in [0.1, 0.15) is 55.6 Å². The molecule has 134 valence electrons. The van der Waals surface area contributed by atoms with Crippen LogP contribution in [0.3, 0.4) is 0 Å². The standard InChI is InChI=1S/C20H27N3O2/c1-20(2,3)23-14-17(13-21-23)19(25)22-11-9-16(10-12-22)18(24)15-7-5-4-6-8-15/h4-8,13-14,16,18,24H,9-12H2,1-3H3/t18-/m0/s1. The topological polar surface area (TPSA) is 58.4 Å². The number of piperidine rings is 1. The number of amides is 1. The van der Waals surface area contributed by atoms with E-state index < -0.39 is 6.10 Å². The lowest BCUT2D eigenvalue weighted by Crippen LogP contribution is -2.39. The van der Waals surface area contributed by atoms with E-state index in [0.29, 0.717) is 18.7 Å². The van der Waals surface area contributed by atoms with Gasteiger partial charge in [0.15, 0.2) is 0 Å². The second kappa shape index (κ2) is 7.00. The summed E-state index contributed by atoms with van der Waals surface area (Å²) in [5.41, 5.74) is 1.46. The maximum atomic E-state index is 12.7. The number of carbonyl (C=O) groups is 1. The van der Waals surface area contributed by atoms with Crippen LogP contribution in [-0.4, -0.2) is 38.8 Å². The predicted octanol–water partition coefficient (Wildman–Crippen LogP) is 3.22. The lowest BCUT2D eigenvalue weighted by atomic mass is 9.87. The average Bonchev–Trinajstić information content (AvgIpc) is 3.12. The Kier molecular flexibility index (Phi) is 4.95. The molecule has 0 spiro atoms. The summed E-state index contributed by atoms with van der Waals surface area (Å²) in [4.78, 5) is 14.6. The van der Waals surface area contributed by atoms with Gasteiger partial charge < -0.3 is 10.0 Å². The Morgan fingerprint density at radius 1 is 1.20 bits per heavy atom. The minimum Gasteiger partial charge on any atom is -0.388 e. The number of aliphatic hydroxyl groups excluding tert-OH is 1. The molecular formula is C20H27N3O2. The van der Waals surface area contributed by atoms with Crippen LogP contribution in [0.2, 0.25) is 0 Å². The fraction of sp³-hybridized carbons (Fsp3) is 0.500. The van der Waals surface area contributed by atoms with E-state index in [0.717, 1.165) is 18.4 Å². The first-order chi connectivity index (χ1) is 11.9. The summed E-state index contributed by atoms with van der Waals surface area (Å²) >= 11 is 0. The summed E-state index contributed by atoms with van der Waals surface area (Å²) in [6, 6.07) is 9.77. The molecule has 1 fully saturated rings. The number of hydrogen-bond donors (Lipinski definition) is 1. The molecule has 1 atom stereocenters. The number of benzene rings is 1. The van der Waals surface area contributed by atoms with E-state index in [4.69, 9.17) is 0 Å². The van der Waals surface area contributed by atoms with Crippen molar-refractivity contribution >= 4 is 5.91 Å². The van der Waals surface area contributed by atoms with Gasteiger partial charge in [-0.25, -0.2) is 0 Å². The molecule has 1 saturated heterocycles. The molecule has 0 saturated carbocycles. The van der Waals surface area contributed by atoms with Gasteiger partial charge in [-0.3, -0.25) is 9.48 Å². The summed E-state index contributed by atoms with van der Waals surface area (Å²) in [6.45, 7) is 7.53. The Labute approximate surface area is 149 Å². The van der Waals surface area contributed by atoms with Gasteiger partial charge in [0, 0.05) is 19.3 Å². The van der Waals surface area contributed by atoms with E-state index >= 15 is 0 Å². The molecule has 0 radical (unpaired) electrons. The molecule has 2 aromatic rings. The van der Waals surface area contributed by atoms with Crippen LogP contribution < -0.4 is 0 Å². The van der Waals surface area contributed by atoms with Crippen LogP contribution in [0.5, 0.6) is 0 Å². The van der Waals surface area contributed by atoms with Gasteiger partial charge in [0.25, 0.3) is 5.91 Å². The van der Waals surface area contributed by atoms with Crippen molar-refractivity contribution in [3.8, 4) is 0 Å². The number of nitrogens with zero attached hydrogens (tertiary/aromatic N) is 3. The van der Waals surface area contributed by atoms with Gasteiger partial charge in [0.2, 0.25) is 0 Å². The molecule has 1 aliphatic heterocycles. The van der Waals surface area contributed by atoms with Crippen LogP contribution in [-0.2, 0) is 5.54 Å². The minimum absolute atomic E-state index is 0.0307. The summed E-state index contributed by atoms with van der Waals surface area (Å²) < 4.78 is 1.83. The quantitative estimate of drug-likeness (QED) is 0.932. The number of aliphatic hydroxyl groups is 1. The second-order valence-electron chi connectivity index (χ2n) is 7.83. The van der Waals surface area contributed by atoms with Crippen LogP contribution >= 0.6 is 0 Å². The third-order valence-corrected chi connectivity index (χ3v) is 4.93. The van der Waals surface area contributed by atoms with Gasteiger partial charge in [0.05, 0.1) is 23.4 Å². The van der Waals surface area contributed by atoms with E-state index in [1.807, 2.05) is 46.1 Å². The Morgan fingerprint density at radius 3 is 2.40 bits per heavy atom. The highest BCUT2D eigenvalue weighted by molar-refractivity contribution is 5.93. The predicted molar refractivity (Wildman–Crippen MR) is 97.3 cm³/mol. The fourth-order valence-corrected chi connectivity index (χ4v) is 3.32. The largest absolute Gasteiger partial charge is 0.388 e. The van der Waals surface area contributed by atoms with E-state index in [2.05, 4.69) is 25.9 Å². The summed E-state index contributed by atoms with van der Waals surface area (Å²) in [6.07, 6.45) is 4.65. The third kappa shape index (κ3) is 3.93. The number of aromatic nitrogens is 2. The molecule has 1 aromatic carbocycles. The van der Waals surface area contributed by atoms with Gasteiger partial charge in [-0.15, -0.1) is 0 Å². The Bertz CT molecular complexity index is 710. The highest BCUT2D eigenvalue weighted by atomic mass is 16.3. The Hall–Kier alpha value is -2.14. The van der Waals surface area contributed by atoms with Gasteiger partial charge in [-0.1, -0.05) is 30.3 Å². The van der Waals surface area contributed by atoms with Crippen LogP contribution in [0.25, 0.3) is 0 Å². The summed E-state index contributed by atoms with van der Waals surface area (Å²) in [7, 11) is 0. The van der Waals surface area contributed by atoms with E-state index in [1.165, 1.54) is 0 Å². The van der Waals surface area contributed by atoms with E-state index in [-0.39, 0.29) is 17.4 Å². The number of hydrogen-bond acceptors (Lipinski definition) is 3. The van der Waals surface area contributed by atoms with Crippen molar-refractivity contribution in [3.05, 3.63) is 53.9 Å². The van der Waals surface area contributed by atoms with E-state index in [1.54, 1.807) is 6.20 Å². The highest BCUT2D eigenvalue weighted by Gasteiger charge is 2.29. The highest BCUT2D eigenvalue weighted by Crippen LogP contribution is 2.31. The molecule has 0 aliphatic carbocycles. The lowest BCUT2D eigenvalue weighted by Gasteiger charge is -2.34. The maximum absolute atomic E-state index is 12.7. The van der Waals surface area contributed by atoms with Crippen LogP contribution in [0.15, 0.2) is 42.7 Å². The first-order valence-corrected chi connectivity index (χ1v) is 8.93. The molecule has 5 nitrogen and oxygen atoms in total. The molecule has 3 rings (SSSR count). The van der Waals surface area contributed by atoms with E-state index in [9.17, 15) is 9.90 Å². The molecule has 1 aliphatic rings. The average molecular weight is 341 g/mol. The van der Waals surface area contributed by atoms with Crippen molar-refractivity contribution in [2.45, 2.75) is 45.3 Å². The van der Waals surface area contributed by atoms with Gasteiger partial charge in [-0.05, 0) is 45.1 Å². The minimum atomic E-state index is -0.456. The molecule has 25 heavy (non-hydrogen) atoms. The van der Waals surface area contributed by atoms with Gasteiger partial charge in [0.1, 0.15) is 0 Å². The van der Waals surface area contributed by atoms with Crippen molar-refractivity contribution in [1.82, 2.24) is 14.7 Å². The van der Waals surface area contributed by atoms with Crippen molar-refractivity contribution < 1.29 is 9.90 Å². The Morgan fingerprint density at radius 2 is 1.84 bits per heavy atom. The SMILES string of the molecule is CC(C)(C)n1cc(C(=O)N2CCC([C@@H](O)c3ccccc3)CC2)cn1. The number of rotatable bonds is 3. The summed E-state index contributed by atoms with van der Waals surface area (Å²) in [5, 5.41) is 14.9. The molecular weight excluding hydrogens is 314 g/mol. The normalized spacial score (nSPS) is 17.5. The molecule has 1 amide bonds. The third-order valence-electron chi connectivity index (χ3n) is 4.93. The Balaban J connectivity index is 1.60. The first kappa shape index (κ1) is 17.7. The molecule has 5 heteroatoms. The van der Waals surface area contributed by atoms with Crippen molar-refractivity contribution in [3.63, 3.8) is 0 Å². The molecule has 0 unspecified atom stereocenters.